The van der Waals surface area contributed by atoms with Crippen LogP contribution in [0, 0.1) is 5.82 Å². The van der Waals surface area contributed by atoms with Crippen LogP contribution >= 0.6 is 0 Å². The van der Waals surface area contributed by atoms with E-state index in [1.54, 1.807) is 12.1 Å². The number of nitrogens with zero attached hydrogens (tertiary/aromatic N) is 1. The fourth-order valence-corrected chi connectivity index (χ4v) is 2.20. The third-order valence-electron chi connectivity index (χ3n) is 3.13. The summed E-state index contributed by atoms with van der Waals surface area (Å²) in [5, 5.41) is 5.73. The van der Waals surface area contributed by atoms with Gasteiger partial charge in [-0.1, -0.05) is 6.92 Å². The van der Waals surface area contributed by atoms with Crippen LogP contribution in [0.15, 0.2) is 36.5 Å². The van der Waals surface area contributed by atoms with Crippen LogP contribution in [0.25, 0.3) is 0 Å². The second kappa shape index (κ2) is 6.92. The number of aromatic nitrogens is 1. The Kier molecular flexibility index (Phi) is 4.98. The molecule has 0 saturated carbocycles. The normalized spacial score (nSPS) is 10.4. The van der Waals surface area contributed by atoms with Crippen LogP contribution in [0.3, 0.4) is 0 Å². The molecule has 2 N–H and O–H groups in total. The Labute approximate surface area is 124 Å². The van der Waals surface area contributed by atoms with E-state index in [9.17, 15) is 9.18 Å². The summed E-state index contributed by atoms with van der Waals surface area (Å²) in [6, 6.07) is 8.49. The maximum Gasteiger partial charge on any atom is 0.221 e. The number of nitrogens with one attached hydrogen (secondary N) is 2. The molecular formula is C16H20FN3O. The van der Waals surface area contributed by atoms with Crippen LogP contribution in [0.5, 0.6) is 0 Å². The van der Waals surface area contributed by atoms with Gasteiger partial charge in [-0.3, -0.25) is 4.79 Å². The van der Waals surface area contributed by atoms with E-state index in [1.807, 2.05) is 18.3 Å². The molecule has 0 atom stereocenters. The monoisotopic (exact) mass is 289 g/mol. The van der Waals surface area contributed by atoms with E-state index < -0.39 is 0 Å². The number of anilines is 2. The van der Waals surface area contributed by atoms with Crippen molar-refractivity contribution in [1.82, 2.24) is 4.57 Å². The minimum Gasteiger partial charge on any atom is -0.377 e. The number of benzene rings is 1. The first-order chi connectivity index (χ1) is 10.1. The molecule has 0 aliphatic carbocycles. The Bertz CT molecular complexity index is 622. The van der Waals surface area contributed by atoms with Crippen molar-refractivity contribution < 1.29 is 9.18 Å². The van der Waals surface area contributed by atoms with E-state index in [4.69, 9.17) is 0 Å². The molecule has 2 aromatic rings. The lowest BCUT2D eigenvalue weighted by molar-refractivity contribution is -0.114. The van der Waals surface area contributed by atoms with Gasteiger partial charge < -0.3 is 15.2 Å². The quantitative estimate of drug-likeness (QED) is 0.853. The highest BCUT2D eigenvalue weighted by Crippen LogP contribution is 2.20. The van der Waals surface area contributed by atoms with Crippen molar-refractivity contribution in [3.05, 3.63) is 48.0 Å². The summed E-state index contributed by atoms with van der Waals surface area (Å²) >= 11 is 0. The zero-order valence-corrected chi connectivity index (χ0v) is 12.3. The average molecular weight is 289 g/mol. The third kappa shape index (κ3) is 4.08. The molecule has 5 heteroatoms. The number of carbonyl (C=O) groups excluding carboxylic acids is 1. The van der Waals surface area contributed by atoms with Crippen LogP contribution in [0.2, 0.25) is 0 Å². The minimum absolute atomic E-state index is 0.176. The average Bonchev–Trinajstić information content (AvgIpc) is 2.87. The molecule has 1 aromatic carbocycles. The van der Waals surface area contributed by atoms with Gasteiger partial charge in [0.25, 0.3) is 0 Å². The zero-order chi connectivity index (χ0) is 15.2. The van der Waals surface area contributed by atoms with Gasteiger partial charge in [0.2, 0.25) is 5.91 Å². The van der Waals surface area contributed by atoms with Crippen LogP contribution in [0.1, 0.15) is 26.0 Å². The maximum absolute atomic E-state index is 13.8. The lowest BCUT2D eigenvalue weighted by Crippen LogP contribution is -2.09. The SMILES string of the molecule is CCCn1cccc1CNc1cc(NC(C)=O)ccc1F. The molecule has 0 fully saturated rings. The number of hydrogen-bond donors (Lipinski definition) is 2. The van der Waals surface area contributed by atoms with Gasteiger partial charge in [-0.25, -0.2) is 4.39 Å². The van der Waals surface area contributed by atoms with Crippen LogP contribution < -0.4 is 10.6 Å². The van der Waals surface area contributed by atoms with Crippen molar-refractivity contribution in [3.8, 4) is 0 Å². The molecule has 0 radical (unpaired) electrons. The number of carbonyl (C=O) groups is 1. The van der Waals surface area contributed by atoms with Gasteiger partial charge in [-0.05, 0) is 36.8 Å². The second-order valence-electron chi connectivity index (χ2n) is 4.92. The molecule has 1 amide bonds. The van der Waals surface area contributed by atoms with E-state index in [2.05, 4.69) is 22.1 Å². The van der Waals surface area contributed by atoms with Gasteiger partial charge in [0.15, 0.2) is 0 Å². The van der Waals surface area contributed by atoms with Gasteiger partial charge in [-0.2, -0.15) is 0 Å². The molecule has 0 aliphatic heterocycles. The first-order valence-electron chi connectivity index (χ1n) is 7.05. The minimum atomic E-state index is -0.335. The van der Waals surface area contributed by atoms with Crippen molar-refractivity contribution in [2.24, 2.45) is 0 Å². The largest absolute Gasteiger partial charge is 0.377 e. The zero-order valence-electron chi connectivity index (χ0n) is 12.3. The van der Waals surface area contributed by atoms with Gasteiger partial charge in [0.1, 0.15) is 5.82 Å². The summed E-state index contributed by atoms with van der Waals surface area (Å²) < 4.78 is 15.9. The first kappa shape index (κ1) is 15.1. The number of amides is 1. The Morgan fingerprint density at radius 1 is 1.33 bits per heavy atom. The molecule has 1 aromatic heterocycles. The van der Waals surface area contributed by atoms with Gasteiger partial charge in [0.05, 0.1) is 12.2 Å². The van der Waals surface area contributed by atoms with Gasteiger partial charge >= 0.3 is 0 Å². The molecule has 0 bridgehead atoms. The molecule has 0 unspecified atom stereocenters. The van der Waals surface area contributed by atoms with Crippen molar-refractivity contribution in [3.63, 3.8) is 0 Å². The van der Waals surface area contributed by atoms with Crippen molar-refractivity contribution in [1.29, 1.82) is 0 Å². The second-order valence-corrected chi connectivity index (χ2v) is 4.92. The fourth-order valence-electron chi connectivity index (χ4n) is 2.20. The Morgan fingerprint density at radius 2 is 2.14 bits per heavy atom. The number of halogens is 1. The molecule has 4 nitrogen and oxygen atoms in total. The number of hydrogen-bond acceptors (Lipinski definition) is 2. The lowest BCUT2D eigenvalue weighted by atomic mass is 10.2. The maximum atomic E-state index is 13.8. The molecule has 0 saturated heterocycles. The predicted octanol–water partition coefficient (Wildman–Crippen LogP) is 3.61. The summed E-state index contributed by atoms with van der Waals surface area (Å²) in [4.78, 5) is 11.0. The highest BCUT2D eigenvalue weighted by Gasteiger charge is 2.06. The Balaban J connectivity index is 2.08. The summed E-state index contributed by atoms with van der Waals surface area (Å²) in [5.74, 6) is -0.512. The third-order valence-corrected chi connectivity index (χ3v) is 3.13. The standard InChI is InChI=1S/C16H20FN3O/c1-3-8-20-9-4-5-14(20)11-18-16-10-13(19-12(2)21)6-7-15(16)17/h4-7,9-10,18H,3,8,11H2,1-2H3,(H,19,21). The van der Waals surface area contributed by atoms with E-state index in [1.165, 1.54) is 13.0 Å². The van der Waals surface area contributed by atoms with Gasteiger partial charge in [0, 0.05) is 31.0 Å². The summed E-state index contributed by atoms with van der Waals surface area (Å²) in [7, 11) is 0. The van der Waals surface area contributed by atoms with Gasteiger partial charge in [-0.15, -0.1) is 0 Å². The van der Waals surface area contributed by atoms with Crippen LogP contribution in [-0.4, -0.2) is 10.5 Å². The molecule has 2 rings (SSSR count). The number of rotatable bonds is 6. The summed E-state index contributed by atoms with van der Waals surface area (Å²) in [6.45, 7) is 5.02. The molecule has 21 heavy (non-hydrogen) atoms. The van der Waals surface area contributed by atoms with Crippen molar-refractivity contribution >= 4 is 17.3 Å². The highest BCUT2D eigenvalue weighted by molar-refractivity contribution is 5.89. The topological polar surface area (TPSA) is 46.1 Å². The Morgan fingerprint density at radius 3 is 2.86 bits per heavy atom. The van der Waals surface area contributed by atoms with Crippen molar-refractivity contribution in [2.45, 2.75) is 33.4 Å². The number of aryl methyl sites for hydroxylation is 1. The fraction of sp³-hybridized carbons (Fsp3) is 0.312. The smallest absolute Gasteiger partial charge is 0.221 e. The molecule has 0 spiro atoms. The lowest BCUT2D eigenvalue weighted by Gasteiger charge is -2.12. The van der Waals surface area contributed by atoms with E-state index >= 15 is 0 Å². The van der Waals surface area contributed by atoms with Crippen LogP contribution in [0.4, 0.5) is 15.8 Å². The molecular weight excluding hydrogens is 269 g/mol. The van der Waals surface area contributed by atoms with E-state index in [-0.39, 0.29) is 11.7 Å². The first-order valence-corrected chi connectivity index (χ1v) is 7.05. The Hall–Kier alpha value is -2.30. The summed E-state index contributed by atoms with van der Waals surface area (Å²) in [6.07, 6.45) is 3.07. The van der Waals surface area contributed by atoms with Crippen molar-refractivity contribution in [2.75, 3.05) is 10.6 Å². The van der Waals surface area contributed by atoms with E-state index in [0.29, 0.717) is 17.9 Å². The van der Waals surface area contributed by atoms with Crippen LogP contribution in [-0.2, 0) is 17.9 Å². The highest BCUT2D eigenvalue weighted by atomic mass is 19.1. The predicted molar refractivity (Wildman–Crippen MR) is 82.8 cm³/mol. The molecule has 0 aliphatic rings. The molecule has 112 valence electrons. The van der Waals surface area contributed by atoms with E-state index in [0.717, 1.165) is 18.7 Å². The summed E-state index contributed by atoms with van der Waals surface area (Å²) in [5.41, 5.74) is 2.06. The molecule has 1 heterocycles.